The van der Waals surface area contributed by atoms with Crippen molar-refractivity contribution in [2.45, 2.75) is 25.8 Å². The minimum atomic E-state index is -0.902. The van der Waals surface area contributed by atoms with Gasteiger partial charge in [-0.2, -0.15) is 0 Å². The number of hydrogen-bond donors (Lipinski definition) is 2. The predicted octanol–water partition coefficient (Wildman–Crippen LogP) is 1.05. The minimum absolute atomic E-state index is 0.0538. The summed E-state index contributed by atoms with van der Waals surface area (Å²) in [6.07, 6.45) is 0. The number of hydrogen-bond acceptors (Lipinski definition) is 3. The Morgan fingerprint density at radius 1 is 1.26 bits per heavy atom. The molecule has 3 N–H and O–H groups in total. The Balaban J connectivity index is 2.88. The van der Waals surface area contributed by atoms with Crippen LogP contribution in [0.3, 0.4) is 0 Å². The summed E-state index contributed by atoms with van der Waals surface area (Å²) in [6, 6.07) is 9.06. The maximum atomic E-state index is 11.4. The maximum Gasteiger partial charge on any atom is 0.312 e. The Kier molecular flexibility index (Phi) is 5.51. The first-order valence-corrected chi connectivity index (χ1v) is 6.22. The Hall–Kier alpha value is -1.88. The van der Waals surface area contributed by atoms with Gasteiger partial charge in [0.05, 0.1) is 12.5 Å². The molecule has 1 aromatic carbocycles. The maximum absolute atomic E-state index is 11.4. The van der Waals surface area contributed by atoms with Crippen LogP contribution in [0.1, 0.15) is 25.3 Å². The van der Waals surface area contributed by atoms with E-state index in [9.17, 15) is 14.7 Å². The van der Waals surface area contributed by atoms with Crippen molar-refractivity contribution >= 4 is 11.9 Å². The van der Waals surface area contributed by atoms with Crippen molar-refractivity contribution in [2.24, 2.45) is 5.73 Å². The first-order valence-electron chi connectivity index (χ1n) is 6.22. The van der Waals surface area contributed by atoms with E-state index in [-0.39, 0.29) is 19.1 Å². The summed E-state index contributed by atoms with van der Waals surface area (Å²) in [6.45, 7) is 4.15. The van der Waals surface area contributed by atoms with E-state index in [1.807, 2.05) is 19.9 Å². The van der Waals surface area contributed by atoms with Crippen LogP contribution in [0.4, 0.5) is 0 Å². The number of aliphatic carboxylic acids is 1. The largest absolute Gasteiger partial charge is 0.481 e. The molecule has 0 spiro atoms. The van der Waals surface area contributed by atoms with E-state index in [2.05, 4.69) is 0 Å². The lowest BCUT2D eigenvalue weighted by Crippen LogP contribution is -2.42. The molecule has 0 saturated heterocycles. The van der Waals surface area contributed by atoms with Crippen molar-refractivity contribution in [3.05, 3.63) is 35.9 Å². The Morgan fingerprint density at radius 3 is 2.26 bits per heavy atom. The second-order valence-electron chi connectivity index (χ2n) is 4.79. The van der Waals surface area contributed by atoms with E-state index in [1.54, 1.807) is 29.2 Å². The molecule has 104 valence electrons. The summed E-state index contributed by atoms with van der Waals surface area (Å²) in [5, 5.41) is 9.35. The number of carboxylic acids is 1. The fourth-order valence-electron chi connectivity index (χ4n) is 1.90. The van der Waals surface area contributed by atoms with Gasteiger partial charge in [0.25, 0.3) is 0 Å². The summed E-state index contributed by atoms with van der Waals surface area (Å²) in [5.74, 6) is -2.02. The van der Waals surface area contributed by atoms with Crippen LogP contribution in [0.2, 0.25) is 0 Å². The van der Waals surface area contributed by atoms with E-state index in [1.165, 1.54) is 0 Å². The fraction of sp³-hybridized carbons (Fsp3) is 0.429. The molecule has 1 rings (SSSR count). The molecule has 0 aliphatic rings. The zero-order chi connectivity index (χ0) is 14.4. The van der Waals surface area contributed by atoms with Gasteiger partial charge in [-0.1, -0.05) is 30.3 Å². The Morgan fingerprint density at radius 2 is 1.84 bits per heavy atom. The van der Waals surface area contributed by atoms with Crippen LogP contribution in [-0.4, -0.2) is 41.0 Å². The summed E-state index contributed by atoms with van der Waals surface area (Å²) in [5.41, 5.74) is 5.92. The Bertz CT molecular complexity index is 432. The van der Waals surface area contributed by atoms with Crippen molar-refractivity contribution in [3.8, 4) is 0 Å². The van der Waals surface area contributed by atoms with Crippen LogP contribution < -0.4 is 5.73 Å². The van der Waals surface area contributed by atoms with Gasteiger partial charge >= 0.3 is 5.97 Å². The molecule has 5 heteroatoms. The van der Waals surface area contributed by atoms with Crippen molar-refractivity contribution in [1.82, 2.24) is 4.90 Å². The fourth-order valence-corrected chi connectivity index (χ4v) is 1.90. The number of benzene rings is 1. The molecule has 0 bridgehead atoms. The highest BCUT2D eigenvalue weighted by molar-refractivity contribution is 5.77. The SMILES string of the molecule is CC(C)N(CC(N)=O)CC(C(=O)O)c1ccccc1. The van der Waals surface area contributed by atoms with Gasteiger partial charge in [0, 0.05) is 12.6 Å². The zero-order valence-electron chi connectivity index (χ0n) is 11.2. The molecule has 0 aliphatic carbocycles. The first-order chi connectivity index (χ1) is 8.91. The third-order valence-corrected chi connectivity index (χ3v) is 3.01. The van der Waals surface area contributed by atoms with Crippen LogP contribution >= 0.6 is 0 Å². The number of primary amides is 1. The number of carbonyl (C=O) groups is 2. The molecule has 1 atom stereocenters. The average Bonchev–Trinajstić information content (AvgIpc) is 2.34. The number of carboxylic acid groups (broad SMARTS) is 1. The summed E-state index contributed by atoms with van der Waals surface area (Å²) in [4.78, 5) is 24.2. The van der Waals surface area contributed by atoms with E-state index < -0.39 is 17.8 Å². The van der Waals surface area contributed by atoms with E-state index in [0.717, 1.165) is 5.56 Å². The standard InChI is InChI=1S/C14H20N2O3/c1-10(2)16(9-13(15)17)8-12(14(18)19)11-6-4-3-5-7-11/h3-7,10,12H,8-9H2,1-2H3,(H2,15,17)(H,18,19). The van der Waals surface area contributed by atoms with Crippen LogP contribution in [0.5, 0.6) is 0 Å². The van der Waals surface area contributed by atoms with Gasteiger partial charge in [-0.15, -0.1) is 0 Å². The molecule has 0 saturated carbocycles. The molecule has 0 aromatic heterocycles. The molecular formula is C14H20N2O3. The van der Waals surface area contributed by atoms with Gasteiger partial charge in [0.1, 0.15) is 0 Å². The van der Waals surface area contributed by atoms with Crippen LogP contribution in [0, 0.1) is 0 Å². The minimum Gasteiger partial charge on any atom is -0.481 e. The highest BCUT2D eigenvalue weighted by atomic mass is 16.4. The molecule has 1 amide bonds. The summed E-state index contributed by atoms with van der Waals surface area (Å²) < 4.78 is 0. The van der Waals surface area contributed by atoms with Crippen LogP contribution in [0.15, 0.2) is 30.3 Å². The zero-order valence-corrected chi connectivity index (χ0v) is 11.2. The predicted molar refractivity (Wildman–Crippen MR) is 72.7 cm³/mol. The second kappa shape index (κ2) is 6.89. The molecule has 0 heterocycles. The van der Waals surface area contributed by atoms with Gasteiger partial charge in [-0.25, -0.2) is 0 Å². The molecule has 0 fully saturated rings. The number of rotatable bonds is 7. The van der Waals surface area contributed by atoms with Crippen LogP contribution in [-0.2, 0) is 9.59 Å². The highest BCUT2D eigenvalue weighted by Gasteiger charge is 2.24. The van der Waals surface area contributed by atoms with Gasteiger partial charge in [-0.05, 0) is 19.4 Å². The summed E-state index contributed by atoms with van der Waals surface area (Å²) in [7, 11) is 0. The molecule has 0 radical (unpaired) electrons. The monoisotopic (exact) mass is 264 g/mol. The molecule has 1 aromatic rings. The third-order valence-electron chi connectivity index (χ3n) is 3.01. The third kappa shape index (κ3) is 4.71. The van der Waals surface area contributed by atoms with E-state index >= 15 is 0 Å². The van der Waals surface area contributed by atoms with E-state index in [0.29, 0.717) is 0 Å². The van der Waals surface area contributed by atoms with Crippen molar-refractivity contribution in [2.75, 3.05) is 13.1 Å². The van der Waals surface area contributed by atoms with Crippen molar-refractivity contribution in [1.29, 1.82) is 0 Å². The van der Waals surface area contributed by atoms with Gasteiger partial charge in [-0.3, -0.25) is 14.5 Å². The molecular weight excluding hydrogens is 244 g/mol. The topological polar surface area (TPSA) is 83.6 Å². The number of nitrogens with two attached hydrogens (primary N) is 1. The normalized spacial score (nSPS) is 12.6. The molecule has 1 unspecified atom stereocenters. The number of carbonyl (C=O) groups excluding carboxylic acids is 1. The van der Waals surface area contributed by atoms with Crippen molar-refractivity contribution < 1.29 is 14.7 Å². The molecule has 5 nitrogen and oxygen atoms in total. The van der Waals surface area contributed by atoms with E-state index in [4.69, 9.17) is 5.73 Å². The lowest BCUT2D eigenvalue weighted by Gasteiger charge is -2.28. The average molecular weight is 264 g/mol. The van der Waals surface area contributed by atoms with Crippen molar-refractivity contribution in [3.63, 3.8) is 0 Å². The highest BCUT2D eigenvalue weighted by Crippen LogP contribution is 2.18. The second-order valence-corrected chi connectivity index (χ2v) is 4.79. The molecule has 0 aliphatic heterocycles. The quantitative estimate of drug-likeness (QED) is 0.771. The van der Waals surface area contributed by atoms with Crippen LogP contribution in [0.25, 0.3) is 0 Å². The van der Waals surface area contributed by atoms with Gasteiger partial charge in [0.2, 0.25) is 5.91 Å². The first kappa shape index (κ1) is 15.2. The van der Waals surface area contributed by atoms with Gasteiger partial charge in [0.15, 0.2) is 0 Å². The number of nitrogens with zero attached hydrogens (tertiary/aromatic N) is 1. The molecule has 19 heavy (non-hydrogen) atoms. The lowest BCUT2D eigenvalue weighted by atomic mass is 9.98. The smallest absolute Gasteiger partial charge is 0.312 e. The lowest BCUT2D eigenvalue weighted by molar-refractivity contribution is -0.139. The van der Waals surface area contributed by atoms with Gasteiger partial charge < -0.3 is 10.8 Å². The summed E-state index contributed by atoms with van der Waals surface area (Å²) >= 11 is 0. The number of amides is 1. The Labute approximate surface area is 113 Å².